The molecule has 2 atom stereocenters. The quantitative estimate of drug-likeness (QED) is 0.609. The summed E-state index contributed by atoms with van der Waals surface area (Å²) < 4.78 is 0. The molecule has 2 rings (SSSR count). The molecule has 1 N–H and O–H groups in total. The summed E-state index contributed by atoms with van der Waals surface area (Å²) in [7, 11) is 0. The molecule has 0 saturated carbocycles. The summed E-state index contributed by atoms with van der Waals surface area (Å²) in [6.45, 7) is 0. The maximum absolute atomic E-state index is 10.9. The van der Waals surface area contributed by atoms with Gasteiger partial charge in [0.1, 0.15) is 4.83 Å². The highest BCUT2D eigenvalue weighted by molar-refractivity contribution is 9.10. The van der Waals surface area contributed by atoms with Gasteiger partial charge in [0, 0.05) is 5.02 Å². The number of hydrogen-bond donors (Lipinski definition) is 1. The Morgan fingerprint density at radius 3 is 2.38 bits per heavy atom. The monoisotopic (exact) mass is 259 g/mol. The van der Waals surface area contributed by atoms with Crippen LogP contribution in [-0.2, 0) is 4.79 Å². The molecule has 2 nitrogen and oxygen atoms in total. The second-order valence-electron chi connectivity index (χ2n) is 2.94. The molecule has 1 aromatic carbocycles. The van der Waals surface area contributed by atoms with Gasteiger partial charge < -0.3 is 5.32 Å². The number of β-lactam (4-membered cyclic amide) rings is 1. The van der Waals surface area contributed by atoms with Crippen LogP contribution in [0.15, 0.2) is 24.3 Å². The summed E-state index contributed by atoms with van der Waals surface area (Å²) in [6, 6.07) is 7.56. The number of carbonyl (C=O) groups is 1. The number of alkyl halides is 1. The molecule has 1 heterocycles. The molecule has 1 saturated heterocycles. The van der Waals surface area contributed by atoms with E-state index in [4.69, 9.17) is 11.6 Å². The lowest BCUT2D eigenvalue weighted by Crippen LogP contribution is -2.52. The molecular formula is C9H7BrClNO. The second kappa shape index (κ2) is 3.31. The molecule has 0 unspecified atom stereocenters. The van der Waals surface area contributed by atoms with E-state index < -0.39 is 0 Å². The normalized spacial score (nSPS) is 26.5. The molecule has 4 heteroatoms. The van der Waals surface area contributed by atoms with Crippen molar-refractivity contribution in [3.63, 3.8) is 0 Å². The predicted octanol–water partition coefficient (Wildman–Crippen LogP) is 2.27. The van der Waals surface area contributed by atoms with Crippen molar-refractivity contribution in [1.29, 1.82) is 0 Å². The van der Waals surface area contributed by atoms with Gasteiger partial charge in [0.2, 0.25) is 5.91 Å². The Kier molecular flexibility index (Phi) is 2.30. The number of carbonyl (C=O) groups excluding carboxylic acids is 1. The van der Waals surface area contributed by atoms with E-state index in [2.05, 4.69) is 21.2 Å². The number of amides is 1. The van der Waals surface area contributed by atoms with Crippen LogP contribution in [0.5, 0.6) is 0 Å². The van der Waals surface area contributed by atoms with Gasteiger partial charge in [-0.1, -0.05) is 39.7 Å². The van der Waals surface area contributed by atoms with E-state index in [1.807, 2.05) is 24.3 Å². The minimum atomic E-state index is -0.103. The van der Waals surface area contributed by atoms with Crippen molar-refractivity contribution in [2.45, 2.75) is 10.9 Å². The fourth-order valence-electron chi connectivity index (χ4n) is 1.28. The van der Waals surface area contributed by atoms with E-state index in [0.29, 0.717) is 5.02 Å². The minimum Gasteiger partial charge on any atom is -0.347 e. The predicted molar refractivity (Wildman–Crippen MR) is 55.1 cm³/mol. The van der Waals surface area contributed by atoms with Crippen molar-refractivity contribution in [2.75, 3.05) is 0 Å². The molecule has 13 heavy (non-hydrogen) atoms. The first-order chi connectivity index (χ1) is 6.18. The summed E-state index contributed by atoms with van der Waals surface area (Å²) in [5.74, 6) is 0.0416. The average molecular weight is 261 g/mol. The van der Waals surface area contributed by atoms with E-state index in [1.165, 1.54) is 0 Å². The molecule has 0 aromatic heterocycles. The van der Waals surface area contributed by atoms with Crippen LogP contribution >= 0.6 is 27.5 Å². The Morgan fingerprint density at radius 2 is 1.92 bits per heavy atom. The molecule has 1 amide bonds. The van der Waals surface area contributed by atoms with Gasteiger partial charge in [0.05, 0.1) is 6.04 Å². The molecule has 1 aliphatic heterocycles. The zero-order chi connectivity index (χ0) is 9.42. The topological polar surface area (TPSA) is 29.1 Å². The molecule has 1 aromatic rings. The Balaban J connectivity index is 2.18. The first-order valence-electron chi connectivity index (χ1n) is 3.88. The number of benzene rings is 1. The molecule has 0 radical (unpaired) electrons. The maximum atomic E-state index is 10.9. The van der Waals surface area contributed by atoms with E-state index in [0.717, 1.165) is 5.56 Å². The number of halogens is 2. The van der Waals surface area contributed by atoms with Crippen molar-refractivity contribution < 1.29 is 4.79 Å². The molecule has 0 bridgehead atoms. The van der Waals surface area contributed by atoms with Crippen LogP contribution in [0.1, 0.15) is 11.6 Å². The smallest absolute Gasteiger partial charge is 0.236 e. The second-order valence-corrected chi connectivity index (χ2v) is 4.36. The standard InChI is InChI=1S/C9H7BrClNO/c10-7-8(12-9(7)13)5-1-3-6(11)4-2-5/h1-4,7-8H,(H,12,13)/t7-,8-/m0/s1. The highest BCUT2D eigenvalue weighted by atomic mass is 79.9. The summed E-state index contributed by atoms with van der Waals surface area (Å²) in [6.07, 6.45) is 0. The zero-order valence-electron chi connectivity index (χ0n) is 6.63. The van der Waals surface area contributed by atoms with Gasteiger partial charge in [0.25, 0.3) is 0 Å². The van der Waals surface area contributed by atoms with Crippen molar-refractivity contribution in [3.05, 3.63) is 34.9 Å². The van der Waals surface area contributed by atoms with Gasteiger partial charge in [-0.15, -0.1) is 0 Å². The van der Waals surface area contributed by atoms with Gasteiger partial charge in [-0.2, -0.15) is 0 Å². The lowest BCUT2D eigenvalue weighted by molar-refractivity contribution is -0.127. The molecular weight excluding hydrogens is 253 g/mol. The number of nitrogens with one attached hydrogen (secondary N) is 1. The lowest BCUT2D eigenvalue weighted by atomic mass is 9.97. The Bertz CT molecular complexity index is 338. The van der Waals surface area contributed by atoms with E-state index in [1.54, 1.807) is 0 Å². The summed E-state index contributed by atoms with van der Waals surface area (Å²) >= 11 is 9.05. The van der Waals surface area contributed by atoms with E-state index >= 15 is 0 Å². The first kappa shape index (κ1) is 9.03. The Hall–Kier alpha value is -0.540. The van der Waals surface area contributed by atoms with Crippen LogP contribution in [0.4, 0.5) is 0 Å². The van der Waals surface area contributed by atoms with Crippen LogP contribution in [0.3, 0.4) is 0 Å². The van der Waals surface area contributed by atoms with Gasteiger partial charge in [-0.25, -0.2) is 0 Å². The van der Waals surface area contributed by atoms with Gasteiger partial charge in [-0.05, 0) is 17.7 Å². The van der Waals surface area contributed by atoms with E-state index in [-0.39, 0.29) is 16.8 Å². The van der Waals surface area contributed by atoms with Crippen LogP contribution < -0.4 is 5.32 Å². The van der Waals surface area contributed by atoms with E-state index in [9.17, 15) is 4.79 Å². The summed E-state index contributed by atoms with van der Waals surface area (Å²) in [4.78, 5) is 10.8. The Labute approximate surface area is 89.4 Å². The summed E-state index contributed by atoms with van der Waals surface area (Å²) in [5, 5.41) is 3.51. The largest absolute Gasteiger partial charge is 0.347 e. The van der Waals surface area contributed by atoms with Gasteiger partial charge >= 0.3 is 0 Å². The first-order valence-corrected chi connectivity index (χ1v) is 5.18. The van der Waals surface area contributed by atoms with Crippen molar-refractivity contribution in [3.8, 4) is 0 Å². The third-order valence-corrected chi connectivity index (χ3v) is 3.27. The zero-order valence-corrected chi connectivity index (χ0v) is 8.97. The van der Waals surface area contributed by atoms with Crippen LogP contribution in [0, 0.1) is 0 Å². The molecule has 68 valence electrons. The lowest BCUT2D eigenvalue weighted by Gasteiger charge is -2.33. The third-order valence-electron chi connectivity index (χ3n) is 2.07. The fourth-order valence-corrected chi connectivity index (χ4v) is 1.98. The highest BCUT2D eigenvalue weighted by Crippen LogP contribution is 2.30. The van der Waals surface area contributed by atoms with Gasteiger partial charge in [0.15, 0.2) is 0 Å². The van der Waals surface area contributed by atoms with Crippen LogP contribution in [-0.4, -0.2) is 10.7 Å². The SMILES string of the molecule is O=C1N[C@@H](c2ccc(Cl)cc2)[C@@H]1Br. The highest BCUT2D eigenvalue weighted by Gasteiger charge is 2.37. The third kappa shape index (κ3) is 1.58. The molecule has 0 aliphatic carbocycles. The molecule has 1 fully saturated rings. The number of hydrogen-bond acceptors (Lipinski definition) is 1. The van der Waals surface area contributed by atoms with Crippen molar-refractivity contribution in [1.82, 2.24) is 5.32 Å². The van der Waals surface area contributed by atoms with Gasteiger partial charge in [-0.3, -0.25) is 4.79 Å². The minimum absolute atomic E-state index is 0.0416. The molecule has 0 spiro atoms. The maximum Gasteiger partial charge on any atom is 0.236 e. The fraction of sp³-hybridized carbons (Fsp3) is 0.222. The van der Waals surface area contributed by atoms with Crippen LogP contribution in [0.2, 0.25) is 5.02 Å². The Morgan fingerprint density at radius 1 is 1.31 bits per heavy atom. The average Bonchev–Trinajstić information content (AvgIpc) is 2.15. The molecule has 1 aliphatic rings. The summed E-state index contributed by atoms with van der Waals surface area (Å²) in [5.41, 5.74) is 1.07. The van der Waals surface area contributed by atoms with Crippen molar-refractivity contribution >= 4 is 33.4 Å². The van der Waals surface area contributed by atoms with Crippen LogP contribution in [0.25, 0.3) is 0 Å². The number of rotatable bonds is 1. The van der Waals surface area contributed by atoms with Crippen molar-refractivity contribution in [2.24, 2.45) is 0 Å².